The third-order valence-corrected chi connectivity index (χ3v) is 0. The van der Waals surface area contributed by atoms with Crippen LogP contribution in [0, 0.1) is 0 Å². The van der Waals surface area contributed by atoms with Crippen molar-refractivity contribution in [3.05, 3.63) is 0 Å². The Bertz CT molecular complexity index is 8.49. The van der Waals surface area contributed by atoms with Crippen LogP contribution < -0.4 is 36.9 Å². The highest BCUT2D eigenvalue weighted by atomic mass is 35.5. The summed E-state index contributed by atoms with van der Waals surface area (Å²) >= 11 is 4.64. The molecule has 0 atom stereocenters. The largest absolute Gasteiger partial charge is 0.344 e. The molecule has 7 heteroatoms. The predicted octanol–water partition coefficient (Wildman–Crippen LogP) is 1.83. The third kappa shape index (κ3) is 61700. The molecule has 0 aromatic carbocycles. The molecule has 0 saturated heterocycles. The number of halogens is 1. The van der Waals surface area contributed by atoms with Gasteiger partial charge in [-0.05, 0) is 0 Å². The first-order chi connectivity index (χ1) is 1.00. The van der Waals surface area contributed by atoms with Gasteiger partial charge in [-0.1, -0.05) is 0 Å². The Hall–Kier alpha value is 0.0500. The average molecular weight is 153 g/mol. The van der Waals surface area contributed by atoms with E-state index in [1.54, 1.807) is 0 Å². The van der Waals surface area contributed by atoms with E-state index in [4.69, 9.17) is 0 Å². The van der Waals surface area contributed by atoms with E-state index >= 15 is 0 Å². The van der Waals surface area contributed by atoms with E-state index in [0.717, 1.165) is 0 Å². The molecule has 0 amide bonds. The summed E-state index contributed by atoms with van der Waals surface area (Å²) in [6, 6.07) is 0. The number of alkyl halides is 1. The van der Waals surface area contributed by atoms with E-state index in [9.17, 15) is 0 Å². The lowest BCUT2D eigenvalue weighted by Crippen LogP contribution is -0.852. The molecule has 0 spiro atoms. The second-order valence-corrected chi connectivity index (χ2v) is 0. The maximum Gasteiger partial charge on any atom is 0.0108 e. The third-order valence-electron chi connectivity index (χ3n) is 0. The molecule has 62 valence electrons. The zero-order valence-corrected chi connectivity index (χ0v) is 6.38. The van der Waals surface area contributed by atoms with Gasteiger partial charge in [0.25, 0.3) is 0 Å². The summed E-state index contributed by atoms with van der Waals surface area (Å²) < 4.78 is 0. The number of hydrogen-bond acceptors (Lipinski definition) is 6. The average Bonchev–Trinajstić information content (AvgIpc) is 1.00. The quantitative estimate of drug-likeness (QED) is 0.285. The van der Waals surface area contributed by atoms with Crippen LogP contribution in [0.25, 0.3) is 0 Å². The highest BCUT2D eigenvalue weighted by molar-refractivity contribution is 6.15. The molecular weight excluding hydrogens is 132 g/mol. The van der Waals surface area contributed by atoms with Crippen LogP contribution in [0.3, 0.4) is 0 Å². The fourth-order valence-electron chi connectivity index (χ4n) is 0. The van der Waals surface area contributed by atoms with Crippen LogP contribution in [0.4, 0.5) is 0 Å². The lowest BCUT2D eigenvalue weighted by molar-refractivity contribution is 2.13. The van der Waals surface area contributed by atoms with Gasteiger partial charge in [0, 0.05) is 6.38 Å². The molecule has 0 rings (SSSR count). The van der Waals surface area contributed by atoms with Gasteiger partial charge in [0.15, 0.2) is 0 Å². The van der Waals surface area contributed by atoms with Crippen molar-refractivity contribution in [1.29, 1.82) is 0 Å². The smallest absolute Gasteiger partial charge is 0.0108 e. The Morgan fingerprint density at radius 2 is 0.500 bits per heavy atom. The van der Waals surface area contributed by atoms with Gasteiger partial charge in [0.2, 0.25) is 0 Å². The van der Waals surface area contributed by atoms with Crippen molar-refractivity contribution in [2.75, 3.05) is 6.38 Å². The van der Waals surface area contributed by atoms with Crippen LogP contribution in [-0.4, -0.2) is 6.38 Å². The van der Waals surface area contributed by atoms with Gasteiger partial charge in [-0.2, -0.15) is 0 Å². The summed E-state index contributed by atoms with van der Waals surface area (Å²) in [5, 5.41) is 0. The molecule has 0 unspecified atom stereocenters. The molecule has 8 heavy (non-hydrogen) atoms. The van der Waals surface area contributed by atoms with Crippen molar-refractivity contribution in [2.45, 2.75) is 0 Å². The second-order valence-electron chi connectivity index (χ2n) is 0. The van der Waals surface area contributed by atoms with Crippen LogP contribution in [-0.2, 0) is 0 Å². The Labute approximate surface area is 55.9 Å². The topological polar surface area (TPSA) is 210 Å². The van der Waals surface area contributed by atoms with E-state index in [2.05, 4.69) is 11.6 Å². The van der Waals surface area contributed by atoms with Gasteiger partial charge in [0.05, 0.1) is 0 Å². The maximum atomic E-state index is 4.64. The molecule has 0 fully saturated rings. The predicted molar refractivity (Wildman–Crippen MR) is 41.9 cm³/mol. The van der Waals surface area contributed by atoms with Crippen molar-refractivity contribution in [1.82, 2.24) is 36.9 Å². The van der Waals surface area contributed by atoms with Crippen LogP contribution in [0.2, 0.25) is 0 Å². The minimum Gasteiger partial charge on any atom is -0.344 e. The summed E-state index contributed by atoms with van der Waals surface area (Å²) in [5.74, 6) is 0. The van der Waals surface area contributed by atoms with Gasteiger partial charge in [0.1, 0.15) is 0 Å². The summed E-state index contributed by atoms with van der Waals surface area (Å²) in [5.41, 5.74) is 0. The van der Waals surface area contributed by atoms with E-state index in [-0.39, 0.29) is 36.9 Å². The Morgan fingerprint density at radius 1 is 0.500 bits per heavy atom. The van der Waals surface area contributed by atoms with Crippen LogP contribution >= 0.6 is 11.6 Å². The number of hydrogen-bond donors (Lipinski definition) is 6. The minimum absolute atomic E-state index is 0. The van der Waals surface area contributed by atoms with Crippen molar-refractivity contribution in [3.63, 3.8) is 0 Å². The molecule has 0 bridgehead atoms. The fraction of sp³-hybridized carbons (Fsp3) is 1.00. The lowest BCUT2D eigenvalue weighted by atomic mass is 12.0. The van der Waals surface area contributed by atoms with Gasteiger partial charge in [-0.25, -0.2) is 0 Å². The summed E-state index contributed by atoms with van der Waals surface area (Å²) in [6.07, 6.45) is 1.47. The molecule has 0 aliphatic carbocycles. The van der Waals surface area contributed by atoms with Gasteiger partial charge in [-0.3, -0.25) is 0 Å². The zero-order valence-electron chi connectivity index (χ0n) is 5.62. The first-order valence-corrected chi connectivity index (χ1v) is 1.13. The molecular formula is CH21ClN6. The van der Waals surface area contributed by atoms with Crippen LogP contribution in [0.15, 0.2) is 0 Å². The molecule has 18 N–H and O–H groups in total. The lowest BCUT2D eigenvalue weighted by Gasteiger charge is -1.06. The SMILES string of the molecule is CCl.N.N.N.N.N.N. The second kappa shape index (κ2) is 103000. The number of rotatable bonds is 0. The van der Waals surface area contributed by atoms with Gasteiger partial charge >= 0.3 is 0 Å². The highest BCUT2D eigenvalue weighted by Crippen LogP contribution is 1.34. The van der Waals surface area contributed by atoms with Crippen LogP contribution in [0.5, 0.6) is 0 Å². The molecule has 0 aliphatic rings. The van der Waals surface area contributed by atoms with E-state index in [0.29, 0.717) is 0 Å². The summed E-state index contributed by atoms with van der Waals surface area (Å²) in [6.45, 7) is 0. The van der Waals surface area contributed by atoms with Gasteiger partial charge < -0.3 is 36.9 Å². The van der Waals surface area contributed by atoms with E-state index in [1.807, 2.05) is 0 Å². The monoisotopic (exact) mass is 152 g/mol. The molecule has 0 radical (unpaired) electrons. The zero-order chi connectivity index (χ0) is 2.00. The van der Waals surface area contributed by atoms with Crippen LogP contribution in [0.1, 0.15) is 0 Å². The Morgan fingerprint density at radius 3 is 0.500 bits per heavy atom. The Balaban J connectivity index is -0.000000000333. The highest BCUT2D eigenvalue weighted by Gasteiger charge is 0.943. The molecule has 0 aromatic rings. The Kier molecular flexibility index (Phi) is 4680000. The first kappa shape index (κ1) is 363. The molecule has 0 aliphatic heterocycles. The van der Waals surface area contributed by atoms with E-state index < -0.39 is 0 Å². The summed E-state index contributed by atoms with van der Waals surface area (Å²) in [4.78, 5) is 0. The first-order valence-electron chi connectivity index (χ1n) is 0.378. The molecule has 0 aromatic heterocycles. The maximum absolute atomic E-state index is 4.64. The molecule has 0 saturated carbocycles. The van der Waals surface area contributed by atoms with Crippen molar-refractivity contribution >= 4 is 11.6 Å². The van der Waals surface area contributed by atoms with Gasteiger partial charge in [-0.15, -0.1) is 11.6 Å². The van der Waals surface area contributed by atoms with Crippen molar-refractivity contribution < 1.29 is 0 Å². The van der Waals surface area contributed by atoms with E-state index in [1.165, 1.54) is 6.38 Å². The molecule has 0 heterocycles. The standard InChI is InChI=1S/CH3Cl.6H3N/c1-2;;;;;;/h1H3;6*1H3. The van der Waals surface area contributed by atoms with Crippen molar-refractivity contribution in [3.8, 4) is 0 Å². The fourth-order valence-corrected chi connectivity index (χ4v) is 0. The summed E-state index contributed by atoms with van der Waals surface area (Å²) in [7, 11) is 0. The van der Waals surface area contributed by atoms with Crippen molar-refractivity contribution in [2.24, 2.45) is 0 Å². The molecule has 6 nitrogen and oxygen atoms in total. The normalized spacial score (nSPS) is 0.750. The minimum atomic E-state index is 0.